The van der Waals surface area contributed by atoms with E-state index in [1.54, 1.807) is 19.4 Å². The van der Waals surface area contributed by atoms with Gasteiger partial charge in [0.1, 0.15) is 11.4 Å². The number of aromatic nitrogens is 2. The van der Waals surface area contributed by atoms with E-state index in [1.165, 1.54) is 5.56 Å². The van der Waals surface area contributed by atoms with E-state index in [4.69, 9.17) is 4.74 Å². The molecule has 0 saturated heterocycles. The van der Waals surface area contributed by atoms with Gasteiger partial charge in [0.15, 0.2) is 0 Å². The number of amides is 1. The van der Waals surface area contributed by atoms with E-state index < -0.39 is 0 Å². The van der Waals surface area contributed by atoms with E-state index >= 15 is 0 Å². The Labute approximate surface area is 181 Å². The number of H-pyrrole nitrogens is 1. The molecule has 0 bridgehead atoms. The van der Waals surface area contributed by atoms with Crippen LogP contribution in [0.1, 0.15) is 41.4 Å². The summed E-state index contributed by atoms with van der Waals surface area (Å²) in [5, 5.41) is 13.3. The number of carbonyl (C=O) groups excluding carboxylic acids is 1. The molecule has 1 aromatic heterocycles. The molecule has 31 heavy (non-hydrogen) atoms. The molecule has 6 heteroatoms. The summed E-state index contributed by atoms with van der Waals surface area (Å²) in [7, 11) is 1.62. The molecule has 6 nitrogen and oxygen atoms in total. The number of nitrogens with one attached hydrogen (secondary N) is 2. The molecule has 1 heterocycles. The Morgan fingerprint density at radius 2 is 1.87 bits per heavy atom. The lowest BCUT2D eigenvalue weighted by atomic mass is 10.0. The van der Waals surface area contributed by atoms with Crippen LogP contribution in [0.3, 0.4) is 0 Å². The summed E-state index contributed by atoms with van der Waals surface area (Å²) >= 11 is 0. The quantitative estimate of drug-likeness (QED) is 0.340. The van der Waals surface area contributed by atoms with Crippen molar-refractivity contribution in [1.29, 1.82) is 0 Å². The Morgan fingerprint density at radius 3 is 2.61 bits per heavy atom. The molecule has 0 aliphatic rings. The smallest absolute Gasteiger partial charge is 0.289 e. The van der Waals surface area contributed by atoms with E-state index in [2.05, 4.69) is 46.7 Å². The highest BCUT2D eigenvalue weighted by atomic mass is 16.5. The van der Waals surface area contributed by atoms with Crippen molar-refractivity contribution in [2.45, 2.75) is 19.8 Å². The van der Waals surface area contributed by atoms with Crippen molar-refractivity contribution in [2.75, 3.05) is 7.11 Å². The van der Waals surface area contributed by atoms with Gasteiger partial charge in [-0.1, -0.05) is 68.4 Å². The van der Waals surface area contributed by atoms with Crippen LogP contribution in [0.15, 0.2) is 71.8 Å². The third-order valence-corrected chi connectivity index (χ3v) is 5.17. The molecule has 0 saturated carbocycles. The average molecular weight is 412 g/mol. The normalized spacial score (nSPS) is 11.4. The molecule has 0 unspecified atom stereocenters. The summed E-state index contributed by atoms with van der Waals surface area (Å²) in [5.74, 6) is 0.800. The van der Waals surface area contributed by atoms with Crippen molar-refractivity contribution in [3.63, 3.8) is 0 Å². The van der Waals surface area contributed by atoms with Crippen LogP contribution in [0, 0.1) is 0 Å². The molecule has 0 aliphatic carbocycles. The highest BCUT2D eigenvalue weighted by molar-refractivity contribution is 6.00. The molecule has 0 fully saturated rings. The Bertz CT molecular complexity index is 1240. The van der Waals surface area contributed by atoms with E-state index in [1.807, 2.05) is 48.5 Å². The fourth-order valence-corrected chi connectivity index (χ4v) is 3.44. The topological polar surface area (TPSA) is 79.4 Å². The SMILES string of the molecule is COc1ccc2ccccc2c1-c1cc(C(=O)N/N=C/c2ccc(C(C)C)cc2)[nH]n1. The van der Waals surface area contributed by atoms with E-state index in [9.17, 15) is 4.79 Å². The lowest BCUT2D eigenvalue weighted by Crippen LogP contribution is -2.18. The number of hydrazone groups is 1. The van der Waals surface area contributed by atoms with Crippen molar-refractivity contribution < 1.29 is 9.53 Å². The van der Waals surface area contributed by atoms with Gasteiger partial charge in [-0.2, -0.15) is 10.2 Å². The van der Waals surface area contributed by atoms with E-state index in [0.717, 1.165) is 21.9 Å². The molecule has 0 radical (unpaired) electrons. The molecule has 156 valence electrons. The second kappa shape index (κ2) is 8.83. The molecule has 4 aromatic rings. The number of nitrogens with zero attached hydrogens (tertiary/aromatic N) is 2. The maximum atomic E-state index is 12.5. The predicted molar refractivity (Wildman–Crippen MR) is 124 cm³/mol. The van der Waals surface area contributed by atoms with Crippen molar-refractivity contribution in [2.24, 2.45) is 5.10 Å². The van der Waals surface area contributed by atoms with Gasteiger partial charge in [0, 0.05) is 0 Å². The van der Waals surface area contributed by atoms with Crippen LogP contribution in [-0.2, 0) is 0 Å². The summed E-state index contributed by atoms with van der Waals surface area (Å²) < 4.78 is 5.54. The molecule has 1 amide bonds. The second-order valence-corrected chi connectivity index (χ2v) is 7.55. The number of hydrogen-bond acceptors (Lipinski definition) is 4. The zero-order valence-electron chi connectivity index (χ0n) is 17.7. The first-order valence-electron chi connectivity index (χ1n) is 10.1. The highest BCUT2D eigenvalue weighted by Crippen LogP contribution is 2.36. The summed E-state index contributed by atoms with van der Waals surface area (Å²) in [6, 6.07) is 21.7. The highest BCUT2D eigenvalue weighted by Gasteiger charge is 2.16. The number of rotatable bonds is 6. The number of ether oxygens (including phenoxy) is 1. The van der Waals surface area contributed by atoms with Gasteiger partial charge in [0.2, 0.25) is 0 Å². The van der Waals surface area contributed by atoms with Gasteiger partial charge in [-0.25, -0.2) is 5.43 Å². The van der Waals surface area contributed by atoms with Gasteiger partial charge in [0.25, 0.3) is 5.91 Å². The Balaban J connectivity index is 1.53. The number of fused-ring (bicyclic) bond motifs is 1. The molecular formula is C25H24N4O2. The van der Waals surface area contributed by atoms with Crippen LogP contribution in [-0.4, -0.2) is 29.4 Å². The van der Waals surface area contributed by atoms with Crippen molar-refractivity contribution in [3.8, 4) is 17.0 Å². The number of methoxy groups -OCH3 is 1. The molecule has 0 spiro atoms. The molecular weight excluding hydrogens is 388 g/mol. The lowest BCUT2D eigenvalue weighted by Gasteiger charge is -2.09. The number of benzene rings is 3. The molecule has 0 aliphatic heterocycles. The number of aromatic amines is 1. The van der Waals surface area contributed by atoms with Gasteiger partial charge in [-0.05, 0) is 39.9 Å². The zero-order valence-corrected chi connectivity index (χ0v) is 17.7. The third-order valence-electron chi connectivity index (χ3n) is 5.17. The van der Waals surface area contributed by atoms with Crippen LogP contribution in [0.25, 0.3) is 22.0 Å². The first kappa shape index (κ1) is 20.3. The minimum absolute atomic E-state index is 0.317. The first-order chi connectivity index (χ1) is 15.1. The molecule has 0 atom stereocenters. The monoisotopic (exact) mass is 412 g/mol. The van der Waals surface area contributed by atoms with Crippen molar-refractivity contribution in [1.82, 2.24) is 15.6 Å². The van der Waals surface area contributed by atoms with E-state index in [-0.39, 0.29) is 5.91 Å². The zero-order chi connectivity index (χ0) is 21.8. The molecule has 4 rings (SSSR count). The van der Waals surface area contributed by atoms with Crippen LogP contribution in [0.2, 0.25) is 0 Å². The van der Waals surface area contributed by atoms with Crippen LogP contribution in [0.5, 0.6) is 5.75 Å². The van der Waals surface area contributed by atoms with Crippen molar-refractivity contribution in [3.05, 3.63) is 83.6 Å². The Kier molecular flexibility index (Phi) is 5.80. The largest absolute Gasteiger partial charge is 0.496 e. The minimum Gasteiger partial charge on any atom is -0.496 e. The van der Waals surface area contributed by atoms with Crippen LogP contribution < -0.4 is 10.2 Å². The summed E-state index contributed by atoms with van der Waals surface area (Å²) in [5.41, 5.74) is 6.50. The first-order valence-corrected chi connectivity index (χ1v) is 10.1. The molecule has 2 N–H and O–H groups in total. The Morgan fingerprint density at radius 1 is 1.10 bits per heavy atom. The number of hydrogen-bond donors (Lipinski definition) is 2. The summed E-state index contributed by atoms with van der Waals surface area (Å²) in [6.07, 6.45) is 1.62. The predicted octanol–water partition coefficient (Wildman–Crippen LogP) is 5.13. The van der Waals surface area contributed by atoms with Gasteiger partial charge in [-0.3, -0.25) is 9.89 Å². The maximum absolute atomic E-state index is 12.5. The van der Waals surface area contributed by atoms with E-state index in [0.29, 0.717) is 23.1 Å². The minimum atomic E-state index is -0.368. The van der Waals surface area contributed by atoms with Gasteiger partial charge in [0.05, 0.1) is 24.6 Å². The van der Waals surface area contributed by atoms with Crippen LogP contribution >= 0.6 is 0 Å². The average Bonchev–Trinajstić information content (AvgIpc) is 3.28. The van der Waals surface area contributed by atoms with Crippen molar-refractivity contribution >= 4 is 22.9 Å². The van der Waals surface area contributed by atoms with Crippen LogP contribution in [0.4, 0.5) is 0 Å². The number of carbonyl (C=O) groups is 1. The summed E-state index contributed by atoms with van der Waals surface area (Å²) in [4.78, 5) is 12.5. The van der Waals surface area contributed by atoms with Gasteiger partial charge >= 0.3 is 0 Å². The second-order valence-electron chi connectivity index (χ2n) is 7.55. The summed E-state index contributed by atoms with van der Waals surface area (Å²) in [6.45, 7) is 4.30. The van der Waals surface area contributed by atoms with Gasteiger partial charge < -0.3 is 4.74 Å². The Hall–Kier alpha value is -3.93. The lowest BCUT2D eigenvalue weighted by molar-refractivity contribution is 0.0950. The fourth-order valence-electron chi connectivity index (χ4n) is 3.44. The maximum Gasteiger partial charge on any atom is 0.289 e. The third kappa shape index (κ3) is 4.33. The standard InChI is InChI=1S/C25H24N4O2/c1-16(2)18-10-8-17(9-11-18)15-26-29-25(30)22-14-21(27-28-22)24-20-7-5-4-6-19(20)12-13-23(24)31-3/h4-16H,1-3H3,(H,27,28)(H,29,30)/b26-15+. The fraction of sp³-hybridized carbons (Fsp3) is 0.160. The molecule has 3 aromatic carbocycles. The van der Waals surface area contributed by atoms with Gasteiger partial charge in [-0.15, -0.1) is 0 Å².